The van der Waals surface area contributed by atoms with E-state index in [9.17, 15) is 19.2 Å². The van der Waals surface area contributed by atoms with Crippen molar-refractivity contribution in [3.63, 3.8) is 0 Å². The maximum absolute atomic E-state index is 13.4. The van der Waals surface area contributed by atoms with Crippen LogP contribution in [0.3, 0.4) is 0 Å². The fraction of sp³-hybridized carbons (Fsp3) is 0.500. The van der Waals surface area contributed by atoms with Crippen molar-refractivity contribution in [1.82, 2.24) is 9.88 Å². The number of thiazole rings is 1. The normalized spacial score (nSPS) is 32.4. The summed E-state index contributed by atoms with van der Waals surface area (Å²) in [4.78, 5) is 55.1. The highest BCUT2D eigenvalue weighted by Crippen LogP contribution is 2.68. The number of nitrogens with one attached hydrogen (secondary N) is 1. The molecule has 2 amide bonds. The van der Waals surface area contributed by atoms with Crippen molar-refractivity contribution in [2.75, 3.05) is 20.8 Å². The lowest BCUT2D eigenvalue weighted by molar-refractivity contribution is -0.142. The summed E-state index contributed by atoms with van der Waals surface area (Å²) in [6, 6.07) is 5.78. The topological polar surface area (TPSA) is 126 Å². The van der Waals surface area contributed by atoms with Crippen molar-refractivity contribution >= 4 is 40.9 Å². The van der Waals surface area contributed by atoms with Gasteiger partial charge in [-0.1, -0.05) is 17.4 Å². The Morgan fingerprint density at radius 2 is 1.83 bits per heavy atom. The van der Waals surface area contributed by atoms with Gasteiger partial charge in [-0.15, -0.1) is 11.8 Å². The molecule has 3 fully saturated rings. The lowest BCUT2D eigenvalue weighted by atomic mass is 9.68. The molecule has 2 aromatic rings. The van der Waals surface area contributed by atoms with Crippen molar-refractivity contribution in [3.8, 4) is 11.5 Å². The van der Waals surface area contributed by atoms with E-state index in [1.54, 1.807) is 26.0 Å². The second-order valence-electron chi connectivity index (χ2n) is 9.55. The Kier molecular flexibility index (Phi) is 5.26. The molecule has 4 aliphatic rings. The highest BCUT2D eigenvalue weighted by Gasteiger charge is 2.69. The summed E-state index contributed by atoms with van der Waals surface area (Å²) in [5.41, 5.74) is 0.984. The van der Waals surface area contributed by atoms with Crippen LogP contribution in [0.4, 0.5) is 0 Å². The van der Waals surface area contributed by atoms with Crippen molar-refractivity contribution < 1.29 is 29.0 Å². The number of aromatic amines is 1. The van der Waals surface area contributed by atoms with Gasteiger partial charge in [0.2, 0.25) is 11.8 Å². The molecule has 6 rings (SSSR count). The molecule has 35 heavy (non-hydrogen) atoms. The number of benzene rings is 1. The number of thioether (sulfide) groups is 1. The van der Waals surface area contributed by atoms with Gasteiger partial charge in [-0.3, -0.25) is 24.1 Å². The molecule has 0 unspecified atom stereocenters. The van der Waals surface area contributed by atoms with Crippen LogP contribution >= 0.6 is 23.1 Å². The summed E-state index contributed by atoms with van der Waals surface area (Å²) in [6.45, 7) is -0.0817. The number of carboxylic acids is 1. The van der Waals surface area contributed by atoms with Crippen molar-refractivity contribution in [2.24, 2.45) is 29.6 Å². The Morgan fingerprint density at radius 1 is 1.11 bits per heavy atom. The number of methoxy groups -OCH3 is 2. The Morgan fingerprint density at radius 3 is 2.51 bits per heavy atom. The average Bonchev–Trinajstić information content (AvgIpc) is 3.56. The zero-order valence-corrected chi connectivity index (χ0v) is 20.7. The number of ether oxygens (including phenoxy) is 2. The van der Waals surface area contributed by atoms with Gasteiger partial charge in [0, 0.05) is 22.6 Å². The lowest BCUT2D eigenvalue weighted by Gasteiger charge is -2.43. The summed E-state index contributed by atoms with van der Waals surface area (Å²) in [5, 5.41) is 9.99. The molecule has 1 aromatic heterocycles. The number of rotatable bonds is 6. The summed E-state index contributed by atoms with van der Waals surface area (Å²) < 4.78 is 11.0. The van der Waals surface area contributed by atoms with E-state index in [1.165, 1.54) is 16.2 Å². The number of hydrogen-bond donors (Lipinski definition) is 2. The van der Waals surface area contributed by atoms with Crippen LogP contribution in [0, 0.1) is 29.6 Å². The SMILES string of the molecule is COc1ccc([C@H]2c3sc(=O)[nH]c3S[C@H]3[C@@H]4C[C@H]([C@H]5C(=O)N(CCC(=O)O)C(=O)[C@H]45)[C@H]23)cc1OC. The Hall–Kier alpha value is -2.79. The number of aromatic nitrogens is 1. The zero-order valence-electron chi connectivity index (χ0n) is 19.1. The van der Waals surface area contributed by atoms with Crippen LogP contribution < -0.4 is 14.3 Å². The molecule has 0 spiro atoms. The number of hydrogen-bond acceptors (Lipinski definition) is 8. The molecule has 1 saturated heterocycles. The molecule has 3 heterocycles. The van der Waals surface area contributed by atoms with Crippen molar-refractivity contribution in [1.29, 1.82) is 0 Å². The van der Waals surface area contributed by atoms with Gasteiger partial charge in [-0.05, 0) is 41.9 Å². The number of nitrogens with zero attached hydrogens (tertiary/aromatic N) is 1. The minimum absolute atomic E-state index is 0.00507. The molecule has 2 aliphatic heterocycles. The number of likely N-dealkylation sites (tertiary alicyclic amines) is 1. The summed E-state index contributed by atoms with van der Waals surface area (Å²) in [6.07, 6.45) is 0.533. The van der Waals surface area contributed by atoms with Gasteiger partial charge in [0.1, 0.15) is 0 Å². The fourth-order valence-electron chi connectivity index (χ4n) is 6.93. The fourth-order valence-corrected chi connectivity index (χ4v) is 9.81. The summed E-state index contributed by atoms with van der Waals surface area (Å²) in [7, 11) is 3.16. The van der Waals surface area contributed by atoms with Crippen LogP contribution in [0.1, 0.15) is 29.2 Å². The first-order valence-corrected chi connectivity index (χ1v) is 13.2. The average molecular weight is 517 g/mol. The number of carbonyl (C=O) groups is 3. The van der Waals surface area contributed by atoms with Crippen molar-refractivity contribution in [3.05, 3.63) is 38.3 Å². The molecular formula is C24H24N2O7S2. The number of aliphatic carboxylic acids is 1. The highest BCUT2D eigenvalue weighted by atomic mass is 32.2. The second kappa shape index (κ2) is 8.12. The van der Waals surface area contributed by atoms with Crippen LogP contribution in [-0.4, -0.2) is 58.8 Å². The third-order valence-electron chi connectivity index (χ3n) is 8.13. The number of H-pyrrole nitrogens is 1. The zero-order chi connectivity index (χ0) is 24.6. The highest BCUT2D eigenvalue weighted by molar-refractivity contribution is 8.00. The number of imide groups is 1. The van der Waals surface area contributed by atoms with Gasteiger partial charge in [0.05, 0.1) is 37.5 Å². The standard InChI is InChI=1S/C24H24N2O7S2/c1-32-12-4-3-9(7-13(12)33-2)15-16-10-8-11(19(16)34-21-20(15)35-24(31)25-21)18-17(10)22(29)26(23(18)30)6-5-14(27)28/h3-4,7,10-11,15-19H,5-6,8H2,1-2H3,(H,25,31)(H,27,28)/t10-,11+,15+,16+,17+,18+,19-/m0/s1. The molecule has 9 nitrogen and oxygen atoms in total. The summed E-state index contributed by atoms with van der Waals surface area (Å²) in [5.74, 6) is -1.20. The van der Waals surface area contributed by atoms with E-state index in [1.807, 2.05) is 18.2 Å². The molecular weight excluding hydrogens is 492 g/mol. The first kappa shape index (κ1) is 22.7. The number of carbonyl (C=O) groups excluding carboxylic acids is 2. The number of amides is 2. The molecule has 2 bridgehead atoms. The van der Waals surface area contributed by atoms with E-state index in [0.717, 1.165) is 21.9 Å². The van der Waals surface area contributed by atoms with Gasteiger partial charge in [-0.2, -0.15) is 0 Å². The van der Waals surface area contributed by atoms with E-state index in [2.05, 4.69) is 4.98 Å². The largest absolute Gasteiger partial charge is 0.493 e. The molecule has 2 aliphatic carbocycles. The van der Waals surface area contributed by atoms with Gasteiger partial charge in [-0.25, -0.2) is 0 Å². The minimum Gasteiger partial charge on any atom is -0.493 e. The number of fused-ring (bicyclic) bond motifs is 9. The van der Waals surface area contributed by atoms with E-state index in [0.29, 0.717) is 11.5 Å². The van der Waals surface area contributed by atoms with E-state index in [-0.39, 0.29) is 58.6 Å². The molecule has 7 atom stereocenters. The first-order valence-electron chi connectivity index (χ1n) is 11.5. The van der Waals surface area contributed by atoms with Crippen LogP contribution in [0.2, 0.25) is 0 Å². The molecule has 11 heteroatoms. The van der Waals surface area contributed by atoms with Crippen molar-refractivity contribution in [2.45, 2.75) is 29.0 Å². The molecule has 2 saturated carbocycles. The van der Waals surface area contributed by atoms with Crippen LogP contribution in [0.25, 0.3) is 0 Å². The smallest absolute Gasteiger partial charge is 0.305 e. The van der Waals surface area contributed by atoms with Gasteiger partial charge in [0.25, 0.3) is 0 Å². The van der Waals surface area contributed by atoms with E-state index < -0.39 is 17.8 Å². The summed E-state index contributed by atoms with van der Waals surface area (Å²) >= 11 is 2.82. The van der Waals surface area contributed by atoms with E-state index in [4.69, 9.17) is 14.6 Å². The number of carboxylic acid groups (broad SMARTS) is 1. The second-order valence-corrected chi connectivity index (χ2v) is 11.7. The predicted molar refractivity (Wildman–Crippen MR) is 127 cm³/mol. The molecule has 0 radical (unpaired) electrons. The Labute approximate surface area is 208 Å². The van der Waals surface area contributed by atoms with Gasteiger partial charge >= 0.3 is 10.8 Å². The monoisotopic (exact) mass is 516 g/mol. The minimum atomic E-state index is -1.03. The maximum atomic E-state index is 13.4. The van der Waals surface area contributed by atoms with Gasteiger partial charge in [0.15, 0.2) is 11.5 Å². The van der Waals surface area contributed by atoms with E-state index >= 15 is 0 Å². The molecule has 2 N–H and O–H groups in total. The lowest BCUT2D eigenvalue weighted by Crippen LogP contribution is -2.42. The Balaban J connectivity index is 1.42. The third-order valence-corrected chi connectivity index (χ3v) is 10.7. The van der Waals surface area contributed by atoms with Crippen LogP contribution in [0.5, 0.6) is 11.5 Å². The maximum Gasteiger partial charge on any atom is 0.305 e. The predicted octanol–water partition coefficient (Wildman–Crippen LogP) is 2.40. The first-order chi connectivity index (χ1) is 16.8. The molecule has 1 aromatic carbocycles. The van der Waals surface area contributed by atoms with Crippen LogP contribution in [-0.2, 0) is 14.4 Å². The van der Waals surface area contributed by atoms with Crippen LogP contribution in [0.15, 0.2) is 28.0 Å². The Bertz CT molecular complexity index is 1300. The third kappa shape index (κ3) is 3.20. The molecule has 184 valence electrons. The van der Waals surface area contributed by atoms with Gasteiger partial charge < -0.3 is 19.6 Å². The quantitative estimate of drug-likeness (QED) is 0.561.